The van der Waals surface area contributed by atoms with E-state index in [1.807, 2.05) is 12.1 Å². The molecule has 2 rings (SSSR count). The van der Waals surface area contributed by atoms with Gasteiger partial charge in [-0.25, -0.2) is 0 Å². The molecule has 1 saturated carbocycles. The van der Waals surface area contributed by atoms with E-state index in [0.717, 1.165) is 24.0 Å². The molecular formula is C26H41O5P. The van der Waals surface area contributed by atoms with Crippen molar-refractivity contribution in [2.75, 3.05) is 13.2 Å². The number of allylic oxidation sites excluding steroid dienone is 1. The Balaban J connectivity index is 2.55. The van der Waals surface area contributed by atoms with Gasteiger partial charge < -0.3 is 14.2 Å². The predicted octanol–water partition coefficient (Wildman–Crippen LogP) is 7.15. The van der Waals surface area contributed by atoms with Crippen LogP contribution in [0.4, 0.5) is 0 Å². The second kappa shape index (κ2) is 9.83. The molecule has 1 N–H and O–H groups in total. The van der Waals surface area contributed by atoms with Gasteiger partial charge in [0.15, 0.2) is 5.78 Å². The highest BCUT2D eigenvalue weighted by molar-refractivity contribution is 7.57. The Morgan fingerprint density at radius 2 is 1.56 bits per heavy atom. The van der Waals surface area contributed by atoms with Crippen molar-refractivity contribution in [3.63, 3.8) is 0 Å². The monoisotopic (exact) mass is 464 g/mol. The number of hydrogen-bond donors (Lipinski definition) is 1. The summed E-state index contributed by atoms with van der Waals surface area (Å²) in [5, 5.41) is 9.87. The van der Waals surface area contributed by atoms with Crippen LogP contribution in [0.2, 0.25) is 0 Å². The van der Waals surface area contributed by atoms with Gasteiger partial charge in [-0.3, -0.25) is 9.36 Å². The van der Waals surface area contributed by atoms with E-state index in [-0.39, 0.29) is 35.6 Å². The Kier molecular flexibility index (Phi) is 8.24. The molecular weight excluding hydrogens is 423 g/mol. The Bertz CT molecular complexity index is 886. The zero-order valence-corrected chi connectivity index (χ0v) is 22.0. The Labute approximate surface area is 194 Å². The van der Waals surface area contributed by atoms with Crippen molar-refractivity contribution in [2.24, 2.45) is 0 Å². The molecule has 32 heavy (non-hydrogen) atoms. The fraction of sp³-hybridized carbons (Fsp3) is 0.654. The van der Waals surface area contributed by atoms with Crippen LogP contribution >= 0.6 is 7.60 Å². The van der Waals surface area contributed by atoms with Crippen LogP contribution in [0.15, 0.2) is 18.2 Å². The Morgan fingerprint density at radius 3 is 2.00 bits per heavy atom. The Morgan fingerprint density at radius 1 is 1.03 bits per heavy atom. The van der Waals surface area contributed by atoms with E-state index in [4.69, 9.17) is 9.05 Å². The van der Waals surface area contributed by atoms with Gasteiger partial charge in [0.25, 0.3) is 0 Å². The minimum Gasteiger partial charge on any atom is -0.507 e. The maximum absolute atomic E-state index is 13.7. The van der Waals surface area contributed by atoms with Crippen LogP contribution in [0.25, 0.3) is 6.08 Å². The zero-order valence-electron chi connectivity index (χ0n) is 21.1. The summed E-state index contributed by atoms with van der Waals surface area (Å²) < 4.78 is 24.9. The first-order chi connectivity index (χ1) is 14.7. The summed E-state index contributed by atoms with van der Waals surface area (Å²) in [7, 11) is -3.62. The molecule has 1 aromatic carbocycles. The van der Waals surface area contributed by atoms with Crippen LogP contribution in [-0.4, -0.2) is 29.3 Å². The molecule has 0 aromatic heterocycles. The highest BCUT2D eigenvalue weighted by atomic mass is 31.2. The van der Waals surface area contributed by atoms with Gasteiger partial charge in [-0.15, -0.1) is 0 Å². The average Bonchev–Trinajstić information content (AvgIpc) is 3.17. The fourth-order valence-electron chi connectivity index (χ4n) is 4.35. The average molecular weight is 465 g/mol. The first-order valence-corrected chi connectivity index (χ1v) is 13.3. The molecule has 1 aliphatic carbocycles. The summed E-state index contributed by atoms with van der Waals surface area (Å²) in [5.41, 5.74) is 2.13. The highest BCUT2D eigenvalue weighted by Crippen LogP contribution is 2.66. The van der Waals surface area contributed by atoms with Crippen molar-refractivity contribution in [3.05, 3.63) is 34.9 Å². The van der Waals surface area contributed by atoms with E-state index in [9.17, 15) is 14.5 Å². The molecule has 0 unspecified atom stereocenters. The molecule has 1 aromatic rings. The molecule has 5 nitrogen and oxygen atoms in total. The number of phenols is 1. The molecule has 0 aliphatic heterocycles. The summed E-state index contributed by atoms with van der Waals surface area (Å²) in [6.45, 7) is 16.5. The minimum absolute atomic E-state index is 0.118. The van der Waals surface area contributed by atoms with E-state index in [2.05, 4.69) is 41.5 Å². The molecule has 0 spiro atoms. The van der Waals surface area contributed by atoms with Crippen LogP contribution in [0.5, 0.6) is 5.75 Å². The molecule has 1 aliphatic rings. The summed E-state index contributed by atoms with van der Waals surface area (Å²) in [6, 6.07) is 3.98. The fourth-order valence-corrected chi connectivity index (χ4v) is 6.81. The van der Waals surface area contributed by atoms with Gasteiger partial charge in [-0.1, -0.05) is 60.5 Å². The molecule has 0 saturated heterocycles. The van der Waals surface area contributed by atoms with E-state index in [1.165, 1.54) is 6.08 Å². The van der Waals surface area contributed by atoms with Gasteiger partial charge >= 0.3 is 7.60 Å². The largest absolute Gasteiger partial charge is 0.507 e. The van der Waals surface area contributed by atoms with Crippen molar-refractivity contribution in [1.29, 1.82) is 0 Å². The van der Waals surface area contributed by atoms with Gasteiger partial charge in [0.05, 0.1) is 13.2 Å². The van der Waals surface area contributed by atoms with Crippen molar-refractivity contribution in [1.82, 2.24) is 0 Å². The van der Waals surface area contributed by atoms with Crippen LogP contribution in [0.3, 0.4) is 0 Å². The van der Waals surface area contributed by atoms with E-state index < -0.39 is 12.8 Å². The molecule has 180 valence electrons. The predicted molar refractivity (Wildman–Crippen MR) is 132 cm³/mol. The SMILES string of the molecule is CCOP(=O)(OCC)C1(C(=O)/C=C/c2cc(C(C)(C)C)cc(C(C)(C)C)c2O)CCCC1. The number of carbonyl (C=O) groups is 1. The lowest BCUT2D eigenvalue weighted by atomic mass is 9.79. The second-order valence-corrected chi connectivity index (χ2v) is 13.1. The molecule has 0 amide bonds. The third kappa shape index (κ3) is 5.38. The first kappa shape index (κ1) is 26.8. The smallest absolute Gasteiger partial charge is 0.344 e. The molecule has 0 bridgehead atoms. The lowest BCUT2D eigenvalue weighted by Crippen LogP contribution is -2.36. The number of rotatable bonds is 8. The van der Waals surface area contributed by atoms with Gasteiger partial charge in [-0.2, -0.15) is 0 Å². The maximum atomic E-state index is 13.7. The van der Waals surface area contributed by atoms with Crippen molar-refractivity contribution >= 4 is 19.5 Å². The minimum atomic E-state index is -3.62. The number of phenolic OH excluding ortho intramolecular Hbond substituents is 1. The van der Waals surface area contributed by atoms with Gasteiger partial charge in [0.2, 0.25) is 0 Å². The number of ketones is 1. The standard InChI is InChI=1S/C26H41O5P/c1-9-30-32(29,31-10-2)26(15-11-12-16-26)22(27)14-13-19-17-20(24(3,4)5)18-21(23(19)28)25(6,7)8/h13-14,17-18,28H,9-12,15-16H2,1-8H3/b14-13+. The lowest BCUT2D eigenvalue weighted by molar-refractivity contribution is -0.117. The van der Waals surface area contributed by atoms with Crippen LogP contribution in [0, 0.1) is 0 Å². The Hall–Kier alpha value is -1.42. The van der Waals surface area contributed by atoms with Crippen LogP contribution < -0.4 is 0 Å². The molecule has 0 atom stereocenters. The number of hydrogen-bond acceptors (Lipinski definition) is 5. The van der Waals surface area contributed by atoms with Gasteiger partial charge in [0.1, 0.15) is 10.9 Å². The number of carbonyl (C=O) groups excluding carboxylic acids is 1. The quantitative estimate of drug-likeness (QED) is 0.327. The summed E-state index contributed by atoms with van der Waals surface area (Å²) in [4.78, 5) is 13.5. The van der Waals surface area contributed by atoms with Crippen molar-refractivity contribution < 1.29 is 23.5 Å². The molecule has 1 fully saturated rings. The summed E-state index contributed by atoms with van der Waals surface area (Å²) >= 11 is 0. The van der Waals surface area contributed by atoms with Crippen LogP contribution in [0.1, 0.15) is 97.8 Å². The third-order valence-electron chi connectivity index (χ3n) is 6.24. The second-order valence-electron chi connectivity index (χ2n) is 10.7. The summed E-state index contributed by atoms with van der Waals surface area (Å²) in [6.07, 6.45) is 5.70. The summed E-state index contributed by atoms with van der Waals surface area (Å²) in [5.74, 6) is -0.0778. The highest BCUT2D eigenvalue weighted by Gasteiger charge is 2.56. The number of aromatic hydroxyl groups is 1. The van der Waals surface area contributed by atoms with Crippen molar-refractivity contribution in [3.8, 4) is 5.75 Å². The molecule has 0 radical (unpaired) electrons. The topological polar surface area (TPSA) is 72.8 Å². The third-order valence-corrected chi connectivity index (χ3v) is 9.15. The molecule has 0 heterocycles. The molecule has 6 heteroatoms. The van der Waals surface area contributed by atoms with E-state index in [0.29, 0.717) is 18.4 Å². The lowest BCUT2D eigenvalue weighted by Gasteiger charge is -2.33. The maximum Gasteiger partial charge on any atom is 0.344 e. The number of benzene rings is 1. The van der Waals surface area contributed by atoms with Gasteiger partial charge in [0, 0.05) is 11.1 Å². The van der Waals surface area contributed by atoms with Crippen molar-refractivity contribution in [2.45, 2.75) is 97.1 Å². The van der Waals surface area contributed by atoms with E-state index in [1.54, 1.807) is 19.9 Å². The normalized spacial score (nSPS) is 17.2. The first-order valence-electron chi connectivity index (χ1n) is 11.7. The van der Waals surface area contributed by atoms with Crippen LogP contribution in [-0.2, 0) is 29.2 Å². The van der Waals surface area contributed by atoms with E-state index >= 15 is 0 Å². The zero-order chi connectivity index (χ0) is 24.4. The van der Waals surface area contributed by atoms with Gasteiger partial charge in [-0.05, 0) is 61.3 Å².